The zero-order valence-corrected chi connectivity index (χ0v) is 20.3. The highest BCUT2D eigenvalue weighted by molar-refractivity contribution is 6.09. The molecule has 0 bridgehead atoms. The molecule has 0 radical (unpaired) electrons. The zero-order chi connectivity index (χ0) is 24.2. The molecule has 34 heavy (non-hydrogen) atoms. The summed E-state index contributed by atoms with van der Waals surface area (Å²) in [6.45, 7) is 8.30. The summed E-state index contributed by atoms with van der Waals surface area (Å²) in [7, 11) is 0. The first-order valence-corrected chi connectivity index (χ1v) is 12.3. The first-order chi connectivity index (χ1) is 16.4. The minimum absolute atomic E-state index is 0.0645. The molecule has 0 aliphatic carbocycles. The largest absolute Gasteiger partial charge is 0.358 e. The lowest BCUT2D eigenvalue weighted by atomic mass is 9.95. The van der Waals surface area contributed by atoms with Gasteiger partial charge in [0.2, 0.25) is 11.8 Å². The van der Waals surface area contributed by atoms with Gasteiger partial charge in [0.1, 0.15) is 12.6 Å². The van der Waals surface area contributed by atoms with E-state index in [4.69, 9.17) is 0 Å². The molecule has 0 unspecified atom stereocenters. The van der Waals surface area contributed by atoms with Gasteiger partial charge in [-0.3, -0.25) is 19.3 Å². The summed E-state index contributed by atoms with van der Waals surface area (Å²) in [6, 6.07) is 13.3. The summed E-state index contributed by atoms with van der Waals surface area (Å²) in [4.78, 5) is 44.9. The molecular weight excluding hydrogens is 428 g/mol. The number of carbonyl (C=O) groups is 3. The highest BCUT2D eigenvalue weighted by Crippen LogP contribution is 2.40. The molecule has 1 N–H and O–H groups in total. The number of rotatable bonds is 7. The molecule has 2 aromatic carbocycles. The van der Waals surface area contributed by atoms with E-state index in [9.17, 15) is 14.4 Å². The van der Waals surface area contributed by atoms with Crippen LogP contribution in [0.4, 0.5) is 11.4 Å². The molecule has 7 heteroatoms. The molecule has 3 amide bonds. The molecule has 0 saturated carbocycles. The van der Waals surface area contributed by atoms with Gasteiger partial charge in [-0.25, -0.2) is 0 Å². The molecular formula is C27H34N4O3. The third-order valence-corrected chi connectivity index (χ3v) is 6.84. The second-order valence-corrected chi connectivity index (χ2v) is 9.07. The van der Waals surface area contributed by atoms with Crippen molar-refractivity contribution in [3.8, 4) is 0 Å². The Kier molecular flexibility index (Phi) is 7.20. The average molecular weight is 463 g/mol. The van der Waals surface area contributed by atoms with Gasteiger partial charge in [-0.2, -0.15) is 0 Å². The Labute approximate surface area is 201 Å². The molecule has 2 aromatic rings. The Bertz CT molecular complexity index is 1060. The van der Waals surface area contributed by atoms with E-state index in [-0.39, 0.29) is 30.3 Å². The maximum Gasteiger partial charge on any atom is 0.253 e. The number of anilines is 2. The normalized spacial score (nSPS) is 17.1. The smallest absolute Gasteiger partial charge is 0.253 e. The summed E-state index contributed by atoms with van der Waals surface area (Å²) in [6.07, 6.45) is 2.80. The van der Waals surface area contributed by atoms with Crippen LogP contribution in [0.2, 0.25) is 0 Å². The van der Waals surface area contributed by atoms with Gasteiger partial charge in [-0.05, 0) is 63.8 Å². The first-order valence-electron chi connectivity index (χ1n) is 12.3. The van der Waals surface area contributed by atoms with Crippen molar-refractivity contribution in [2.24, 2.45) is 0 Å². The number of benzene rings is 2. The lowest BCUT2D eigenvalue weighted by molar-refractivity contribution is -0.125. The van der Waals surface area contributed by atoms with E-state index < -0.39 is 0 Å². The molecule has 180 valence electrons. The number of carbonyl (C=O) groups excluding carboxylic acids is 3. The van der Waals surface area contributed by atoms with Crippen LogP contribution in [0.15, 0.2) is 42.5 Å². The molecule has 7 nitrogen and oxygen atoms in total. The Morgan fingerprint density at radius 1 is 1.03 bits per heavy atom. The van der Waals surface area contributed by atoms with Crippen molar-refractivity contribution in [1.29, 1.82) is 0 Å². The van der Waals surface area contributed by atoms with Gasteiger partial charge in [0, 0.05) is 31.7 Å². The van der Waals surface area contributed by atoms with Gasteiger partial charge in [0.05, 0.1) is 11.4 Å². The van der Waals surface area contributed by atoms with Gasteiger partial charge in [-0.15, -0.1) is 0 Å². The molecule has 2 aliphatic heterocycles. The lowest BCUT2D eigenvalue weighted by Crippen LogP contribution is -2.57. The summed E-state index contributed by atoms with van der Waals surface area (Å²) in [5, 5.41) is 2.94. The maximum absolute atomic E-state index is 13.5. The molecule has 4 rings (SSSR count). The van der Waals surface area contributed by atoms with Crippen LogP contribution >= 0.6 is 0 Å². The SMILES string of the molecule is CCN(CC)C(=O)c1ccc2c(c1)N(CC(=O)NCc1ccc(C)cc1)C(=O)[C@H]1CCCCN21. The Balaban J connectivity index is 1.60. The predicted molar refractivity (Wildman–Crippen MR) is 134 cm³/mol. The van der Waals surface area contributed by atoms with Crippen LogP contribution in [0.3, 0.4) is 0 Å². The highest BCUT2D eigenvalue weighted by Gasteiger charge is 2.40. The number of amides is 3. The van der Waals surface area contributed by atoms with Gasteiger partial charge in [-0.1, -0.05) is 29.8 Å². The number of hydrogen-bond acceptors (Lipinski definition) is 4. The van der Waals surface area contributed by atoms with Crippen molar-refractivity contribution in [3.63, 3.8) is 0 Å². The lowest BCUT2D eigenvalue weighted by Gasteiger charge is -2.45. The van der Waals surface area contributed by atoms with Crippen molar-refractivity contribution in [1.82, 2.24) is 10.2 Å². The Morgan fingerprint density at radius 3 is 2.47 bits per heavy atom. The number of hydrogen-bond donors (Lipinski definition) is 1. The van der Waals surface area contributed by atoms with E-state index >= 15 is 0 Å². The molecule has 1 fully saturated rings. The van der Waals surface area contributed by atoms with Crippen LogP contribution in [0.25, 0.3) is 0 Å². The highest BCUT2D eigenvalue weighted by atomic mass is 16.2. The van der Waals surface area contributed by atoms with E-state index in [1.165, 1.54) is 0 Å². The summed E-state index contributed by atoms with van der Waals surface area (Å²) in [5.41, 5.74) is 4.28. The number of nitrogens with one attached hydrogen (secondary N) is 1. The fraction of sp³-hybridized carbons (Fsp3) is 0.444. The van der Waals surface area contributed by atoms with E-state index in [0.717, 1.165) is 42.6 Å². The fourth-order valence-electron chi connectivity index (χ4n) is 4.85. The van der Waals surface area contributed by atoms with Gasteiger partial charge in [0.15, 0.2) is 0 Å². The Morgan fingerprint density at radius 2 is 1.76 bits per heavy atom. The maximum atomic E-state index is 13.5. The van der Waals surface area contributed by atoms with Crippen molar-refractivity contribution >= 4 is 29.1 Å². The van der Waals surface area contributed by atoms with Crippen molar-refractivity contribution in [3.05, 3.63) is 59.2 Å². The number of nitrogens with zero attached hydrogens (tertiary/aromatic N) is 3. The number of fused-ring (bicyclic) bond motifs is 3. The first kappa shape index (κ1) is 23.8. The Hall–Kier alpha value is -3.35. The second kappa shape index (κ2) is 10.3. The standard InChI is InChI=1S/C27H34N4O3/c1-4-29(5-2)26(33)21-13-14-22-24(16-21)31(27(34)23-8-6-7-15-30(22)23)18-25(32)28-17-20-11-9-19(3)10-12-20/h9-14,16,23H,4-8,15,17-18H2,1-3H3,(H,28,32)/t23-/m1/s1. The van der Waals surface area contributed by atoms with Crippen LogP contribution in [0.1, 0.15) is 54.6 Å². The average Bonchev–Trinajstić information content (AvgIpc) is 2.86. The predicted octanol–water partition coefficient (Wildman–Crippen LogP) is 3.50. The van der Waals surface area contributed by atoms with Crippen LogP contribution in [-0.2, 0) is 16.1 Å². The van der Waals surface area contributed by atoms with Gasteiger partial charge >= 0.3 is 0 Å². The van der Waals surface area contributed by atoms with Crippen molar-refractivity contribution in [2.45, 2.75) is 52.6 Å². The fourth-order valence-corrected chi connectivity index (χ4v) is 4.85. The van der Waals surface area contributed by atoms with Crippen molar-refractivity contribution in [2.75, 3.05) is 36.0 Å². The monoisotopic (exact) mass is 462 g/mol. The molecule has 1 saturated heterocycles. The van der Waals surface area contributed by atoms with Crippen LogP contribution < -0.4 is 15.1 Å². The summed E-state index contributed by atoms with van der Waals surface area (Å²) < 4.78 is 0. The number of aryl methyl sites for hydroxylation is 1. The quantitative estimate of drug-likeness (QED) is 0.684. The van der Waals surface area contributed by atoms with E-state index in [0.29, 0.717) is 30.9 Å². The third-order valence-electron chi connectivity index (χ3n) is 6.84. The second-order valence-electron chi connectivity index (χ2n) is 9.07. The summed E-state index contributed by atoms with van der Waals surface area (Å²) in [5.74, 6) is -0.348. The minimum atomic E-state index is -0.254. The van der Waals surface area contributed by atoms with E-state index in [2.05, 4.69) is 10.2 Å². The summed E-state index contributed by atoms with van der Waals surface area (Å²) >= 11 is 0. The minimum Gasteiger partial charge on any atom is -0.358 e. The van der Waals surface area contributed by atoms with E-state index in [1.54, 1.807) is 15.9 Å². The third kappa shape index (κ3) is 4.79. The van der Waals surface area contributed by atoms with Gasteiger partial charge in [0.25, 0.3) is 5.91 Å². The van der Waals surface area contributed by atoms with Crippen LogP contribution in [0.5, 0.6) is 0 Å². The van der Waals surface area contributed by atoms with Crippen LogP contribution in [-0.4, -0.2) is 54.8 Å². The molecule has 0 spiro atoms. The van der Waals surface area contributed by atoms with Crippen molar-refractivity contribution < 1.29 is 14.4 Å². The van der Waals surface area contributed by atoms with Crippen LogP contribution in [0, 0.1) is 6.92 Å². The number of piperidine rings is 1. The molecule has 2 aliphatic rings. The molecule has 1 atom stereocenters. The van der Waals surface area contributed by atoms with E-state index in [1.807, 2.05) is 57.2 Å². The molecule has 0 aromatic heterocycles. The van der Waals surface area contributed by atoms with Gasteiger partial charge < -0.3 is 15.1 Å². The molecule has 2 heterocycles. The topological polar surface area (TPSA) is 73.0 Å². The zero-order valence-electron chi connectivity index (χ0n) is 20.3.